The summed E-state index contributed by atoms with van der Waals surface area (Å²) in [5, 5.41) is 0. The van der Waals surface area contributed by atoms with E-state index in [0.717, 1.165) is 0 Å². The van der Waals surface area contributed by atoms with Crippen LogP contribution in [0.25, 0.3) is 0 Å². The maximum Gasteiger partial charge on any atom is 0.460 e. The van der Waals surface area contributed by atoms with E-state index in [4.69, 9.17) is 5.73 Å². The first kappa shape index (κ1) is 30.4. The van der Waals surface area contributed by atoms with E-state index in [9.17, 15) is 79.4 Å². The van der Waals surface area contributed by atoms with Crippen LogP contribution >= 0.6 is 0 Å². The lowest BCUT2D eigenvalue weighted by Crippen LogP contribution is -2.74. The van der Waals surface area contributed by atoms with Crippen LogP contribution in [-0.2, 0) is 4.79 Å². The summed E-state index contributed by atoms with van der Waals surface area (Å²) in [6, 6.07) is 0. The summed E-state index contributed by atoms with van der Waals surface area (Å²) in [6.45, 7) is -0.594. The van der Waals surface area contributed by atoms with Crippen molar-refractivity contribution in [1.29, 1.82) is 0 Å². The van der Waals surface area contributed by atoms with Crippen molar-refractivity contribution >= 4 is 5.78 Å². The molecule has 0 heterocycles. The van der Waals surface area contributed by atoms with Gasteiger partial charge in [-0.1, -0.05) is 0 Å². The van der Waals surface area contributed by atoms with Crippen LogP contribution in [0.2, 0.25) is 0 Å². The Hall–Kier alpha value is -1.56. The maximum atomic E-state index is 13.5. The van der Waals surface area contributed by atoms with E-state index in [1.165, 1.54) is 0 Å². The zero-order valence-corrected chi connectivity index (χ0v) is 14.7. The second-order valence-corrected chi connectivity index (χ2v) is 6.23. The largest absolute Gasteiger partial charge is 0.460 e. The minimum atomic E-state index is -8.66. The first-order valence-corrected chi connectivity index (χ1v) is 7.64. The van der Waals surface area contributed by atoms with Crippen LogP contribution in [0.15, 0.2) is 0 Å². The summed E-state index contributed by atoms with van der Waals surface area (Å²) < 4.78 is 221. The predicted octanol–water partition coefficient (Wildman–Crippen LogP) is 5.69. The van der Waals surface area contributed by atoms with Crippen molar-refractivity contribution in [2.75, 3.05) is 6.54 Å². The molecule has 0 aliphatic carbocycles. The van der Waals surface area contributed by atoms with Gasteiger partial charge in [0.2, 0.25) is 0 Å². The van der Waals surface area contributed by atoms with Crippen molar-refractivity contribution in [3.63, 3.8) is 0 Å². The molecule has 0 amide bonds. The van der Waals surface area contributed by atoms with E-state index in [-0.39, 0.29) is 0 Å². The van der Waals surface area contributed by atoms with Crippen LogP contribution < -0.4 is 5.73 Å². The standard InChI is InChI=1S/C13H10F17NO/c14-6(15,3-1-5(32)2-4-31)7(16,17)8(18,19)9(20,21)10(22,23)11(24,25)12(26,27)13(28,29)30/h1-4,31H2. The molecule has 0 aromatic heterocycles. The molecule has 2 N–H and O–H groups in total. The number of carbonyl (C=O) groups is 1. The van der Waals surface area contributed by atoms with Crippen molar-refractivity contribution in [3.05, 3.63) is 0 Å². The normalized spacial score (nSPS) is 15.8. The Morgan fingerprint density at radius 1 is 0.500 bits per heavy atom. The summed E-state index contributed by atoms with van der Waals surface area (Å²) >= 11 is 0. The van der Waals surface area contributed by atoms with Crippen molar-refractivity contribution in [2.24, 2.45) is 5.73 Å². The molecule has 0 aliphatic rings. The van der Waals surface area contributed by atoms with Gasteiger partial charge in [0.25, 0.3) is 0 Å². The Bertz CT molecular complexity index is 680. The fourth-order valence-electron chi connectivity index (χ4n) is 1.94. The van der Waals surface area contributed by atoms with Gasteiger partial charge in [0.1, 0.15) is 5.78 Å². The van der Waals surface area contributed by atoms with Gasteiger partial charge >= 0.3 is 47.6 Å². The molecule has 0 unspecified atom stereocenters. The molecule has 19 heteroatoms. The minimum Gasteiger partial charge on any atom is -0.330 e. The quantitative estimate of drug-likeness (QED) is 0.357. The summed E-state index contributed by atoms with van der Waals surface area (Å²) in [6.07, 6.45) is -13.2. The molecule has 0 aromatic rings. The lowest BCUT2D eigenvalue weighted by molar-refractivity contribution is -0.461. The van der Waals surface area contributed by atoms with Crippen LogP contribution in [-0.4, -0.2) is 60.0 Å². The van der Waals surface area contributed by atoms with Crippen LogP contribution in [0, 0.1) is 0 Å². The molecule has 0 saturated heterocycles. The van der Waals surface area contributed by atoms with Gasteiger partial charge in [-0.3, -0.25) is 4.79 Å². The summed E-state index contributed by atoms with van der Waals surface area (Å²) in [4.78, 5) is 11.0. The highest BCUT2D eigenvalue weighted by Crippen LogP contribution is 2.64. The molecular formula is C13H10F17NO. The molecule has 0 aliphatic heterocycles. The number of hydrogen-bond donors (Lipinski definition) is 1. The summed E-state index contributed by atoms with van der Waals surface area (Å²) in [7, 11) is 0. The second-order valence-electron chi connectivity index (χ2n) is 6.23. The summed E-state index contributed by atoms with van der Waals surface area (Å²) in [5.74, 6) is -58.1. The van der Waals surface area contributed by atoms with Crippen LogP contribution in [0.3, 0.4) is 0 Å². The number of halogens is 17. The van der Waals surface area contributed by atoms with E-state index < -0.39 is 79.2 Å². The number of hydrogen-bond acceptors (Lipinski definition) is 2. The molecule has 0 saturated carbocycles. The predicted molar refractivity (Wildman–Crippen MR) is 68.6 cm³/mol. The van der Waals surface area contributed by atoms with Gasteiger partial charge in [-0.05, 0) is 6.54 Å². The van der Waals surface area contributed by atoms with Gasteiger partial charge < -0.3 is 5.73 Å². The molecule has 192 valence electrons. The molecule has 0 fully saturated rings. The molecule has 0 radical (unpaired) electrons. The second kappa shape index (κ2) is 8.34. The Morgan fingerprint density at radius 2 is 0.812 bits per heavy atom. The number of ketones is 1. The molecule has 0 aromatic carbocycles. The van der Waals surface area contributed by atoms with Gasteiger partial charge in [0, 0.05) is 19.3 Å². The molecule has 0 bridgehead atoms. The highest BCUT2D eigenvalue weighted by Gasteiger charge is 2.95. The monoisotopic (exact) mass is 519 g/mol. The number of alkyl halides is 17. The van der Waals surface area contributed by atoms with E-state index in [1.54, 1.807) is 0 Å². The number of carbonyl (C=O) groups excluding carboxylic acids is 1. The third kappa shape index (κ3) is 4.32. The van der Waals surface area contributed by atoms with Crippen LogP contribution in [0.1, 0.15) is 19.3 Å². The van der Waals surface area contributed by atoms with Crippen molar-refractivity contribution < 1.29 is 79.4 Å². The Balaban J connectivity index is 6.44. The van der Waals surface area contributed by atoms with Crippen LogP contribution in [0.5, 0.6) is 0 Å². The minimum absolute atomic E-state index is 0.594. The fraction of sp³-hybridized carbons (Fsp3) is 0.923. The number of rotatable bonds is 11. The van der Waals surface area contributed by atoms with Gasteiger partial charge in [0.15, 0.2) is 0 Å². The first-order valence-electron chi connectivity index (χ1n) is 7.64. The molecule has 0 rings (SSSR count). The molecule has 2 nitrogen and oxygen atoms in total. The molecule has 32 heavy (non-hydrogen) atoms. The first-order chi connectivity index (χ1) is 13.7. The van der Waals surface area contributed by atoms with E-state index >= 15 is 0 Å². The zero-order valence-electron chi connectivity index (χ0n) is 14.7. The topological polar surface area (TPSA) is 43.1 Å². The van der Waals surface area contributed by atoms with Crippen LogP contribution in [0.4, 0.5) is 74.6 Å². The lowest BCUT2D eigenvalue weighted by atomic mass is 9.87. The third-order valence-corrected chi connectivity index (χ3v) is 3.93. The van der Waals surface area contributed by atoms with Gasteiger partial charge in [-0.2, -0.15) is 74.6 Å². The van der Waals surface area contributed by atoms with Gasteiger partial charge in [-0.15, -0.1) is 0 Å². The SMILES string of the molecule is NCCC(=O)CCC(F)(F)C(F)(F)C(F)(F)C(F)(F)C(F)(F)C(F)(F)C(F)(F)C(F)(F)F. The average Bonchev–Trinajstić information content (AvgIpc) is 2.58. The van der Waals surface area contributed by atoms with E-state index in [0.29, 0.717) is 0 Å². The number of nitrogens with two attached hydrogens (primary N) is 1. The Kier molecular flexibility index (Phi) is 7.93. The third-order valence-electron chi connectivity index (χ3n) is 3.93. The Morgan fingerprint density at radius 3 is 1.12 bits per heavy atom. The Labute approximate surface area is 165 Å². The highest BCUT2D eigenvalue weighted by molar-refractivity contribution is 5.78. The average molecular weight is 519 g/mol. The molecule has 0 atom stereocenters. The smallest absolute Gasteiger partial charge is 0.330 e. The highest BCUT2D eigenvalue weighted by atomic mass is 19.4. The van der Waals surface area contributed by atoms with Gasteiger partial charge in [0.05, 0.1) is 0 Å². The number of Topliss-reactive ketones (excluding diaryl/α,β-unsaturated/α-hetero) is 1. The zero-order chi connectivity index (χ0) is 26.4. The van der Waals surface area contributed by atoms with Gasteiger partial charge in [-0.25, -0.2) is 0 Å². The molecule has 0 spiro atoms. The molecular weight excluding hydrogens is 509 g/mol. The lowest BCUT2D eigenvalue weighted by Gasteiger charge is -2.42. The van der Waals surface area contributed by atoms with E-state index in [2.05, 4.69) is 0 Å². The summed E-state index contributed by atoms with van der Waals surface area (Å²) in [5.41, 5.74) is 4.76. The maximum absolute atomic E-state index is 13.5. The van der Waals surface area contributed by atoms with Crippen molar-refractivity contribution in [1.82, 2.24) is 0 Å². The van der Waals surface area contributed by atoms with E-state index in [1.807, 2.05) is 0 Å². The fourth-order valence-corrected chi connectivity index (χ4v) is 1.94. The van der Waals surface area contributed by atoms with Crippen molar-refractivity contribution in [3.8, 4) is 0 Å². The van der Waals surface area contributed by atoms with Crippen molar-refractivity contribution in [2.45, 2.75) is 66.9 Å².